The summed E-state index contributed by atoms with van der Waals surface area (Å²) in [6, 6.07) is 7.15. The number of nitrogens with zero attached hydrogens (tertiary/aromatic N) is 3. The number of nitriles is 1. The molecule has 0 saturated carbocycles. The van der Waals surface area contributed by atoms with Crippen LogP contribution in [0.1, 0.15) is 18.4 Å². The lowest BCUT2D eigenvalue weighted by atomic mass is 10.1. The summed E-state index contributed by atoms with van der Waals surface area (Å²) in [6.07, 6.45) is 0.337. The molecule has 1 amide bonds. The third-order valence-corrected chi connectivity index (χ3v) is 3.37. The molecule has 1 aliphatic heterocycles. The van der Waals surface area contributed by atoms with Gasteiger partial charge in [-0.15, -0.1) is 0 Å². The van der Waals surface area contributed by atoms with E-state index in [4.69, 9.17) is 10.4 Å². The van der Waals surface area contributed by atoms with Crippen molar-refractivity contribution in [2.24, 2.45) is 0 Å². The van der Waals surface area contributed by atoms with E-state index in [1.807, 2.05) is 11.0 Å². The molecule has 6 heteroatoms. The van der Waals surface area contributed by atoms with Gasteiger partial charge in [0.1, 0.15) is 0 Å². The number of carbonyl (C=O) groups is 2. The zero-order valence-corrected chi connectivity index (χ0v) is 11.2. The molecule has 1 N–H and O–H groups in total. The van der Waals surface area contributed by atoms with Gasteiger partial charge >= 0.3 is 5.97 Å². The smallest absolute Gasteiger partial charge is 0.305 e. The molecule has 20 heavy (non-hydrogen) atoms. The van der Waals surface area contributed by atoms with Crippen molar-refractivity contribution in [2.45, 2.75) is 12.8 Å². The van der Waals surface area contributed by atoms with E-state index in [0.29, 0.717) is 30.8 Å². The Morgan fingerprint density at radius 3 is 2.85 bits per heavy atom. The third-order valence-electron chi connectivity index (χ3n) is 3.37. The normalized spacial score (nSPS) is 14.5. The highest BCUT2D eigenvalue weighted by Crippen LogP contribution is 2.32. The van der Waals surface area contributed by atoms with E-state index in [0.717, 1.165) is 5.69 Å². The first-order valence-electron chi connectivity index (χ1n) is 6.30. The van der Waals surface area contributed by atoms with E-state index >= 15 is 0 Å². The molecule has 0 bridgehead atoms. The summed E-state index contributed by atoms with van der Waals surface area (Å²) < 4.78 is 0. The average molecular weight is 273 g/mol. The Balaban J connectivity index is 2.40. The Morgan fingerprint density at radius 1 is 1.45 bits per heavy atom. The van der Waals surface area contributed by atoms with Gasteiger partial charge in [-0.05, 0) is 18.2 Å². The summed E-state index contributed by atoms with van der Waals surface area (Å²) in [6.45, 7) is 0.824. The first-order chi connectivity index (χ1) is 9.52. The van der Waals surface area contributed by atoms with Crippen LogP contribution >= 0.6 is 0 Å². The molecular weight excluding hydrogens is 258 g/mol. The van der Waals surface area contributed by atoms with Gasteiger partial charge in [0.25, 0.3) is 0 Å². The fourth-order valence-corrected chi connectivity index (χ4v) is 2.25. The maximum Gasteiger partial charge on any atom is 0.305 e. The molecule has 0 spiro atoms. The number of hydrogen-bond donors (Lipinski definition) is 1. The van der Waals surface area contributed by atoms with Crippen molar-refractivity contribution in [3.63, 3.8) is 0 Å². The summed E-state index contributed by atoms with van der Waals surface area (Å²) in [5, 5.41) is 17.8. The Bertz CT molecular complexity index is 592. The van der Waals surface area contributed by atoms with Crippen LogP contribution < -0.4 is 9.80 Å². The molecule has 0 fully saturated rings. The Kier molecular flexibility index (Phi) is 3.89. The van der Waals surface area contributed by atoms with Crippen LogP contribution in [0.5, 0.6) is 0 Å². The highest BCUT2D eigenvalue weighted by Gasteiger charge is 2.24. The van der Waals surface area contributed by atoms with Gasteiger partial charge in [-0.1, -0.05) is 0 Å². The van der Waals surface area contributed by atoms with E-state index in [9.17, 15) is 9.59 Å². The fourth-order valence-electron chi connectivity index (χ4n) is 2.25. The largest absolute Gasteiger partial charge is 0.481 e. The molecule has 1 aliphatic rings. The topological polar surface area (TPSA) is 84.6 Å². The molecule has 0 saturated heterocycles. The maximum absolute atomic E-state index is 12.0. The number of aliphatic carboxylic acids is 1. The van der Waals surface area contributed by atoms with E-state index < -0.39 is 5.97 Å². The van der Waals surface area contributed by atoms with Crippen molar-refractivity contribution in [3.05, 3.63) is 23.8 Å². The molecule has 0 aromatic heterocycles. The van der Waals surface area contributed by atoms with Crippen molar-refractivity contribution in [2.75, 3.05) is 29.9 Å². The van der Waals surface area contributed by atoms with Gasteiger partial charge in [-0.2, -0.15) is 5.26 Å². The molecule has 6 nitrogen and oxygen atoms in total. The molecule has 1 heterocycles. The molecule has 0 atom stereocenters. The minimum atomic E-state index is -0.871. The second-order valence-corrected chi connectivity index (χ2v) is 4.65. The molecule has 1 aromatic rings. The fraction of sp³-hybridized carbons (Fsp3) is 0.357. The monoisotopic (exact) mass is 273 g/mol. The first kappa shape index (κ1) is 13.9. The van der Waals surface area contributed by atoms with Gasteiger partial charge in [0.15, 0.2) is 0 Å². The van der Waals surface area contributed by atoms with Crippen molar-refractivity contribution in [1.29, 1.82) is 5.26 Å². The molecule has 1 aromatic carbocycles. The zero-order valence-electron chi connectivity index (χ0n) is 11.2. The van der Waals surface area contributed by atoms with Gasteiger partial charge < -0.3 is 14.9 Å². The second-order valence-electron chi connectivity index (χ2n) is 4.65. The van der Waals surface area contributed by atoms with E-state index in [1.165, 1.54) is 4.90 Å². The van der Waals surface area contributed by atoms with Crippen molar-refractivity contribution >= 4 is 23.3 Å². The molecule has 0 radical (unpaired) electrons. The van der Waals surface area contributed by atoms with Crippen molar-refractivity contribution in [3.8, 4) is 6.07 Å². The molecule has 0 aliphatic carbocycles. The first-order valence-corrected chi connectivity index (χ1v) is 6.30. The molecular formula is C14H15N3O3. The van der Waals surface area contributed by atoms with Crippen LogP contribution in [0, 0.1) is 11.3 Å². The Morgan fingerprint density at radius 2 is 2.20 bits per heavy atom. The van der Waals surface area contributed by atoms with Crippen LogP contribution in [-0.2, 0) is 9.59 Å². The summed E-state index contributed by atoms with van der Waals surface area (Å²) >= 11 is 0. The van der Waals surface area contributed by atoms with Crippen LogP contribution in [0.4, 0.5) is 11.4 Å². The minimum Gasteiger partial charge on any atom is -0.481 e. The highest BCUT2D eigenvalue weighted by molar-refractivity contribution is 5.98. The summed E-state index contributed by atoms with van der Waals surface area (Å²) in [7, 11) is 1.67. The number of hydrogen-bond acceptors (Lipinski definition) is 4. The standard InChI is InChI=1S/C14H15N3O3/c1-16-12-8-10(9-15)2-3-11(12)17(6-4-13(16)18)7-5-14(19)20/h2-3,8H,4-7H2,1H3,(H,19,20). The van der Waals surface area contributed by atoms with E-state index in [2.05, 4.69) is 0 Å². The minimum absolute atomic E-state index is 0.0113. The lowest BCUT2D eigenvalue weighted by Gasteiger charge is -2.24. The van der Waals surface area contributed by atoms with E-state index in [1.54, 1.807) is 25.2 Å². The highest BCUT2D eigenvalue weighted by atomic mass is 16.4. The van der Waals surface area contributed by atoms with Crippen LogP contribution in [0.2, 0.25) is 0 Å². The lowest BCUT2D eigenvalue weighted by molar-refractivity contribution is -0.136. The van der Waals surface area contributed by atoms with Crippen molar-refractivity contribution < 1.29 is 14.7 Å². The zero-order chi connectivity index (χ0) is 14.7. The van der Waals surface area contributed by atoms with Gasteiger partial charge in [0.2, 0.25) is 5.91 Å². The second kappa shape index (κ2) is 5.61. The van der Waals surface area contributed by atoms with Crippen LogP contribution in [0.3, 0.4) is 0 Å². The van der Waals surface area contributed by atoms with Gasteiger partial charge in [-0.25, -0.2) is 0 Å². The maximum atomic E-state index is 12.0. The number of rotatable bonds is 3. The molecule has 0 unspecified atom stereocenters. The van der Waals surface area contributed by atoms with E-state index in [-0.39, 0.29) is 12.3 Å². The van der Waals surface area contributed by atoms with Gasteiger partial charge in [-0.3, -0.25) is 9.59 Å². The molecule has 2 rings (SSSR count). The Hall–Kier alpha value is -2.55. The number of carbonyl (C=O) groups excluding carboxylic acids is 1. The predicted molar refractivity (Wildman–Crippen MR) is 73.6 cm³/mol. The number of carboxylic acids is 1. The third kappa shape index (κ3) is 2.72. The van der Waals surface area contributed by atoms with Gasteiger partial charge in [0, 0.05) is 26.6 Å². The Labute approximate surface area is 116 Å². The molecule has 104 valence electrons. The number of fused-ring (bicyclic) bond motifs is 1. The quantitative estimate of drug-likeness (QED) is 0.894. The summed E-state index contributed by atoms with van der Waals surface area (Å²) in [4.78, 5) is 26.1. The average Bonchev–Trinajstić information content (AvgIpc) is 2.56. The van der Waals surface area contributed by atoms with Crippen molar-refractivity contribution in [1.82, 2.24) is 0 Å². The van der Waals surface area contributed by atoms with Gasteiger partial charge in [0.05, 0.1) is 29.4 Å². The summed E-state index contributed by atoms with van der Waals surface area (Å²) in [5.41, 5.74) is 1.92. The number of amides is 1. The van der Waals surface area contributed by atoms with Crippen LogP contribution in [0.15, 0.2) is 18.2 Å². The van der Waals surface area contributed by atoms with Crippen LogP contribution in [-0.4, -0.2) is 37.1 Å². The summed E-state index contributed by atoms with van der Waals surface area (Å²) in [5.74, 6) is -0.914. The lowest BCUT2D eigenvalue weighted by Crippen LogP contribution is -2.27. The predicted octanol–water partition coefficient (Wildman–Crippen LogP) is 1.21. The SMILES string of the molecule is CN1C(=O)CCN(CCC(=O)O)c2ccc(C#N)cc21. The number of benzene rings is 1. The number of carboxylic acid groups (broad SMARTS) is 1. The number of anilines is 2. The van der Waals surface area contributed by atoms with Crippen LogP contribution in [0.25, 0.3) is 0 Å².